The molecule has 2 fully saturated rings. The standard InChI is InChI=1S/C27H31FN8O.2ClH/c1-2-36-31-26(30-32-36)20-3-8-25-23(17-20)24(18-35(25)22-6-4-21(28)5-7-22)19-9-12-33(13-10-19)15-16-34-14-11-29-27(34)37;;/h3-8,17-19H,2,9-16H2,1H3,(H,29,37);2*1H. The van der Waals surface area contributed by atoms with Gasteiger partial charge in [-0.05, 0) is 92.0 Å². The Kier molecular flexibility index (Phi) is 9.09. The number of nitrogens with one attached hydrogen (secondary N) is 1. The highest BCUT2D eigenvalue weighted by Gasteiger charge is 2.26. The van der Waals surface area contributed by atoms with Gasteiger partial charge >= 0.3 is 6.03 Å². The number of tetrazole rings is 1. The molecule has 2 amide bonds. The van der Waals surface area contributed by atoms with Crippen molar-refractivity contribution >= 4 is 41.7 Å². The first-order chi connectivity index (χ1) is 18.1. The number of fused-ring (bicyclic) bond motifs is 1. The molecule has 0 spiro atoms. The summed E-state index contributed by atoms with van der Waals surface area (Å²) in [5.41, 5.74) is 4.24. The fraction of sp³-hybridized carbons (Fsp3) is 0.407. The van der Waals surface area contributed by atoms with Gasteiger partial charge in [-0.3, -0.25) is 0 Å². The van der Waals surface area contributed by atoms with Crippen molar-refractivity contribution in [3.8, 4) is 17.1 Å². The lowest BCUT2D eigenvalue weighted by Gasteiger charge is -2.32. The van der Waals surface area contributed by atoms with E-state index >= 15 is 0 Å². The van der Waals surface area contributed by atoms with Crippen LogP contribution in [0, 0.1) is 5.82 Å². The summed E-state index contributed by atoms with van der Waals surface area (Å²) in [6.07, 6.45) is 4.30. The number of rotatable bonds is 7. The van der Waals surface area contributed by atoms with Crippen LogP contribution in [0.1, 0.15) is 31.2 Å². The second kappa shape index (κ2) is 12.3. The van der Waals surface area contributed by atoms with Crippen LogP contribution in [0.3, 0.4) is 0 Å². The van der Waals surface area contributed by atoms with Crippen molar-refractivity contribution in [2.75, 3.05) is 39.3 Å². The molecule has 0 bridgehead atoms. The molecule has 12 heteroatoms. The van der Waals surface area contributed by atoms with Crippen LogP contribution in [0.25, 0.3) is 28.0 Å². The van der Waals surface area contributed by atoms with Gasteiger partial charge in [-0.25, -0.2) is 9.18 Å². The maximum Gasteiger partial charge on any atom is 0.317 e. The summed E-state index contributed by atoms with van der Waals surface area (Å²) in [5, 5.41) is 16.9. The Bertz CT molecular complexity index is 1420. The highest BCUT2D eigenvalue weighted by molar-refractivity contribution is 5.89. The van der Waals surface area contributed by atoms with Crippen molar-refractivity contribution in [1.82, 2.24) is 39.9 Å². The topological polar surface area (TPSA) is 84.1 Å². The molecule has 9 nitrogen and oxygen atoms in total. The van der Waals surface area contributed by atoms with Gasteiger partial charge in [0.1, 0.15) is 5.82 Å². The van der Waals surface area contributed by atoms with Crippen LogP contribution in [0.5, 0.6) is 0 Å². The van der Waals surface area contributed by atoms with E-state index in [1.54, 1.807) is 4.80 Å². The van der Waals surface area contributed by atoms with Crippen LogP contribution < -0.4 is 5.32 Å². The number of aromatic nitrogens is 5. The number of halogens is 3. The highest BCUT2D eigenvalue weighted by atomic mass is 35.5. The summed E-state index contributed by atoms with van der Waals surface area (Å²) in [4.78, 5) is 17.8. The van der Waals surface area contributed by atoms with E-state index in [0.29, 0.717) is 18.3 Å². The van der Waals surface area contributed by atoms with Crippen LogP contribution in [-0.2, 0) is 6.54 Å². The van der Waals surface area contributed by atoms with Crippen LogP contribution in [0.4, 0.5) is 9.18 Å². The van der Waals surface area contributed by atoms with Crippen molar-refractivity contribution in [2.45, 2.75) is 32.2 Å². The molecule has 1 N–H and O–H groups in total. The van der Waals surface area contributed by atoms with Gasteiger partial charge in [0.15, 0.2) is 0 Å². The van der Waals surface area contributed by atoms with Crippen molar-refractivity contribution in [3.63, 3.8) is 0 Å². The number of hydrogen-bond acceptors (Lipinski definition) is 5. The third kappa shape index (κ3) is 5.88. The predicted molar refractivity (Wildman–Crippen MR) is 154 cm³/mol. The normalized spacial score (nSPS) is 16.3. The minimum Gasteiger partial charge on any atom is -0.336 e. The number of aryl methyl sites for hydroxylation is 1. The van der Waals surface area contributed by atoms with E-state index in [4.69, 9.17) is 0 Å². The van der Waals surface area contributed by atoms with Gasteiger partial charge in [0, 0.05) is 49.0 Å². The summed E-state index contributed by atoms with van der Waals surface area (Å²) < 4.78 is 15.8. The molecule has 0 radical (unpaired) electrons. The SMILES string of the molecule is CCn1nnc(-c2ccc3c(c2)c(C2CCN(CCN4CCNC4=O)CC2)cn3-c2ccc(F)cc2)n1.Cl.Cl. The first-order valence-electron chi connectivity index (χ1n) is 13.0. The van der Waals surface area contributed by atoms with Gasteiger partial charge in [0.05, 0.1) is 12.1 Å². The molecule has 2 aromatic carbocycles. The van der Waals surface area contributed by atoms with Gasteiger partial charge in [0.2, 0.25) is 5.82 Å². The van der Waals surface area contributed by atoms with E-state index in [-0.39, 0.29) is 36.7 Å². The molecule has 39 heavy (non-hydrogen) atoms. The number of carbonyl (C=O) groups is 1. The third-order valence-corrected chi connectivity index (χ3v) is 7.59. The quantitative estimate of drug-likeness (QED) is 0.351. The molecule has 2 aliphatic heterocycles. The van der Waals surface area contributed by atoms with Crippen LogP contribution in [0.2, 0.25) is 0 Å². The first kappa shape index (κ1) is 28.8. The number of amides is 2. The van der Waals surface area contributed by atoms with Gasteiger partial charge in [0.25, 0.3) is 0 Å². The average molecular weight is 576 g/mol. The average Bonchev–Trinajstić information content (AvgIpc) is 3.66. The molecule has 4 aromatic rings. The van der Waals surface area contributed by atoms with E-state index in [1.165, 1.54) is 23.1 Å². The lowest BCUT2D eigenvalue weighted by molar-refractivity contribution is 0.181. The Labute approximate surface area is 239 Å². The third-order valence-electron chi connectivity index (χ3n) is 7.59. The second-order valence-electron chi connectivity index (χ2n) is 9.80. The molecule has 0 unspecified atom stereocenters. The summed E-state index contributed by atoms with van der Waals surface area (Å²) in [6.45, 7) is 7.86. The summed E-state index contributed by atoms with van der Waals surface area (Å²) in [5.74, 6) is 0.779. The van der Waals surface area contributed by atoms with Gasteiger partial charge in [-0.1, -0.05) is 0 Å². The minimum absolute atomic E-state index is 0. The van der Waals surface area contributed by atoms with Gasteiger partial charge in [-0.15, -0.1) is 35.0 Å². The van der Waals surface area contributed by atoms with E-state index in [2.05, 4.69) is 48.5 Å². The number of likely N-dealkylation sites (tertiary alicyclic amines) is 1. The number of benzene rings is 2. The number of urea groups is 1. The van der Waals surface area contributed by atoms with E-state index < -0.39 is 0 Å². The molecule has 208 valence electrons. The molecular weight excluding hydrogens is 542 g/mol. The largest absolute Gasteiger partial charge is 0.336 e. The Balaban J connectivity index is 0.00000176. The van der Waals surface area contributed by atoms with E-state index in [1.807, 2.05) is 30.0 Å². The lowest BCUT2D eigenvalue weighted by atomic mass is 9.89. The maximum absolute atomic E-state index is 13.6. The second-order valence-corrected chi connectivity index (χ2v) is 9.80. The zero-order chi connectivity index (χ0) is 25.4. The molecule has 6 rings (SSSR count). The number of nitrogens with zero attached hydrogens (tertiary/aromatic N) is 7. The zero-order valence-corrected chi connectivity index (χ0v) is 23.4. The zero-order valence-electron chi connectivity index (χ0n) is 21.8. The van der Waals surface area contributed by atoms with Gasteiger partial charge < -0.3 is 19.7 Å². The monoisotopic (exact) mass is 574 g/mol. The summed E-state index contributed by atoms with van der Waals surface area (Å²) >= 11 is 0. The van der Waals surface area contributed by atoms with Crippen molar-refractivity contribution < 1.29 is 9.18 Å². The molecule has 2 saturated heterocycles. The molecule has 0 saturated carbocycles. The lowest BCUT2D eigenvalue weighted by Crippen LogP contribution is -2.40. The van der Waals surface area contributed by atoms with Crippen molar-refractivity contribution in [1.29, 1.82) is 0 Å². The molecular formula is C27H33Cl2FN8O. The fourth-order valence-electron chi connectivity index (χ4n) is 5.48. The maximum atomic E-state index is 13.6. The number of hydrogen-bond donors (Lipinski definition) is 1. The molecule has 4 heterocycles. The van der Waals surface area contributed by atoms with Crippen molar-refractivity contribution in [3.05, 3.63) is 60.0 Å². The minimum atomic E-state index is -0.244. The summed E-state index contributed by atoms with van der Waals surface area (Å²) in [6, 6.07) is 13.0. The first-order valence-corrected chi connectivity index (χ1v) is 13.0. The van der Waals surface area contributed by atoms with Crippen LogP contribution >= 0.6 is 24.8 Å². The Hall–Kier alpha value is -3.21. The number of piperidine rings is 1. The van der Waals surface area contributed by atoms with Crippen LogP contribution in [-0.4, -0.2) is 79.9 Å². The molecule has 0 atom stereocenters. The van der Waals surface area contributed by atoms with Gasteiger partial charge in [-0.2, -0.15) is 4.80 Å². The van der Waals surface area contributed by atoms with Crippen LogP contribution in [0.15, 0.2) is 48.7 Å². The fourth-order valence-corrected chi connectivity index (χ4v) is 5.48. The van der Waals surface area contributed by atoms with Crippen molar-refractivity contribution in [2.24, 2.45) is 0 Å². The summed E-state index contributed by atoms with van der Waals surface area (Å²) in [7, 11) is 0. The highest BCUT2D eigenvalue weighted by Crippen LogP contribution is 2.37. The molecule has 2 aromatic heterocycles. The predicted octanol–water partition coefficient (Wildman–Crippen LogP) is 4.49. The Morgan fingerprint density at radius 2 is 1.79 bits per heavy atom. The molecule has 2 aliphatic rings. The Morgan fingerprint density at radius 1 is 1.03 bits per heavy atom. The van der Waals surface area contributed by atoms with E-state index in [9.17, 15) is 9.18 Å². The van der Waals surface area contributed by atoms with E-state index in [0.717, 1.165) is 68.9 Å². The number of carbonyl (C=O) groups excluding carboxylic acids is 1. The molecule has 0 aliphatic carbocycles. The Morgan fingerprint density at radius 3 is 2.46 bits per heavy atom. The smallest absolute Gasteiger partial charge is 0.317 e.